The Morgan fingerprint density at radius 2 is 1.31 bits per heavy atom. The molecular formula is C21H35N5. The molecular weight excluding hydrogens is 322 g/mol. The van der Waals surface area contributed by atoms with Gasteiger partial charge in [-0.2, -0.15) is 0 Å². The van der Waals surface area contributed by atoms with Crippen LogP contribution < -0.4 is 4.90 Å². The molecule has 0 aliphatic heterocycles. The summed E-state index contributed by atoms with van der Waals surface area (Å²) >= 11 is 0. The van der Waals surface area contributed by atoms with Crippen molar-refractivity contribution in [3.8, 4) is 11.4 Å². The largest absolute Gasteiger partial charge is 0.369 e. The molecule has 1 aromatic carbocycles. The van der Waals surface area contributed by atoms with Gasteiger partial charge in [-0.1, -0.05) is 27.7 Å². The predicted molar refractivity (Wildman–Crippen MR) is 112 cm³/mol. The van der Waals surface area contributed by atoms with Crippen LogP contribution in [0, 0.1) is 0 Å². The number of hydrogen-bond acceptors (Lipinski definition) is 4. The summed E-state index contributed by atoms with van der Waals surface area (Å²) in [5, 5.41) is 0. The Labute approximate surface area is 159 Å². The van der Waals surface area contributed by atoms with Crippen LogP contribution in [0.15, 0.2) is 36.7 Å². The third-order valence-corrected chi connectivity index (χ3v) is 5.17. The molecule has 0 fully saturated rings. The van der Waals surface area contributed by atoms with Crippen LogP contribution in [-0.4, -0.2) is 72.1 Å². The molecule has 26 heavy (non-hydrogen) atoms. The zero-order chi connectivity index (χ0) is 18.8. The van der Waals surface area contributed by atoms with E-state index < -0.39 is 0 Å². The molecule has 5 nitrogen and oxygen atoms in total. The molecule has 0 radical (unpaired) electrons. The van der Waals surface area contributed by atoms with Gasteiger partial charge in [0.15, 0.2) is 0 Å². The van der Waals surface area contributed by atoms with Crippen LogP contribution in [0.25, 0.3) is 11.4 Å². The standard InChI is InChI=1S/C21H35N5/c1-5-24(6-2)15-17-26(18-16-25(7-3)8-4)20-11-9-19(10-12-20)21-22-13-14-23-21/h9-14H,5-8,15-18H2,1-4H3,(H,22,23). The van der Waals surface area contributed by atoms with Gasteiger partial charge in [-0.25, -0.2) is 4.98 Å². The zero-order valence-electron chi connectivity index (χ0n) is 16.9. The van der Waals surface area contributed by atoms with Crippen LogP contribution >= 0.6 is 0 Å². The molecule has 0 bridgehead atoms. The molecule has 0 aliphatic rings. The number of H-pyrrole nitrogens is 1. The molecule has 2 rings (SSSR count). The molecule has 1 heterocycles. The van der Waals surface area contributed by atoms with Crippen molar-refractivity contribution in [2.75, 3.05) is 57.3 Å². The fourth-order valence-corrected chi connectivity index (χ4v) is 3.23. The number of hydrogen-bond donors (Lipinski definition) is 1. The van der Waals surface area contributed by atoms with Gasteiger partial charge in [0.1, 0.15) is 5.82 Å². The highest BCUT2D eigenvalue weighted by Crippen LogP contribution is 2.20. The molecule has 0 spiro atoms. The molecule has 5 heteroatoms. The van der Waals surface area contributed by atoms with Crippen molar-refractivity contribution in [2.45, 2.75) is 27.7 Å². The number of nitrogens with one attached hydrogen (secondary N) is 1. The van der Waals surface area contributed by atoms with E-state index in [-0.39, 0.29) is 0 Å². The van der Waals surface area contributed by atoms with E-state index in [1.54, 1.807) is 6.20 Å². The van der Waals surface area contributed by atoms with Crippen molar-refractivity contribution in [3.63, 3.8) is 0 Å². The van der Waals surface area contributed by atoms with Crippen molar-refractivity contribution < 1.29 is 0 Å². The minimum absolute atomic E-state index is 0.925. The van der Waals surface area contributed by atoms with Crippen LogP contribution in [0.1, 0.15) is 27.7 Å². The fraction of sp³-hybridized carbons (Fsp3) is 0.571. The second kappa shape index (κ2) is 11.0. The number of benzene rings is 1. The first-order chi connectivity index (χ1) is 12.7. The van der Waals surface area contributed by atoms with Gasteiger partial charge in [0, 0.05) is 49.8 Å². The van der Waals surface area contributed by atoms with Gasteiger partial charge >= 0.3 is 0 Å². The quantitative estimate of drug-likeness (QED) is 0.630. The van der Waals surface area contributed by atoms with Crippen LogP contribution in [0.4, 0.5) is 5.69 Å². The summed E-state index contributed by atoms with van der Waals surface area (Å²) in [6.45, 7) is 17.7. The summed E-state index contributed by atoms with van der Waals surface area (Å²) in [5.74, 6) is 0.925. The van der Waals surface area contributed by atoms with E-state index in [9.17, 15) is 0 Å². The SMILES string of the molecule is CCN(CC)CCN(CCN(CC)CC)c1ccc(-c2ncc[nH]2)cc1. The Balaban J connectivity index is 2.07. The van der Waals surface area contributed by atoms with Crippen LogP contribution in [0.2, 0.25) is 0 Å². The maximum Gasteiger partial charge on any atom is 0.137 e. The Morgan fingerprint density at radius 1 is 0.769 bits per heavy atom. The molecule has 0 unspecified atom stereocenters. The smallest absolute Gasteiger partial charge is 0.137 e. The maximum absolute atomic E-state index is 4.34. The summed E-state index contributed by atoms with van der Waals surface area (Å²) in [7, 11) is 0. The van der Waals surface area contributed by atoms with E-state index in [4.69, 9.17) is 0 Å². The Hall–Kier alpha value is -1.85. The molecule has 0 aliphatic carbocycles. The van der Waals surface area contributed by atoms with E-state index in [0.717, 1.165) is 63.7 Å². The summed E-state index contributed by atoms with van der Waals surface area (Å²) < 4.78 is 0. The fourth-order valence-electron chi connectivity index (χ4n) is 3.23. The average Bonchev–Trinajstić information content (AvgIpc) is 3.22. The lowest BCUT2D eigenvalue weighted by atomic mass is 10.2. The third-order valence-electron chi connectivity index (χ3n) is 5.17. The van der Waals surface area contributed by atoms with Gasteiger partial charge in [0.05, 0.1) is 0 Å². The van der Waals surface area contributed by atoms with Gasteiger partial charge in [0.25, 0.3) is 0 Å². The molecule has 0 saturated carbocycles. The average molecular weight is 358 g/mol. The zero-order valence-corrected chi connectivity index (χ0v) is 16.9. The van der Waals surface area contributed by atoms with E-state index in [2.05, 4.69) is 76.6 Å². The first-order valence-electron chi connectivity index (χ1n) is 10.0. The number of nitrogens with zero attached hydrogens (tertiary/aromatic N) is 4. The van der Waals surface area contributed by atoms with Gasteiger partial charge < -0.3 is 19.7 Å². The Morgan fingerprint density at radius 3 is 1.73 bits per heavy atom. The van der Waals surface area contributed by atoms with Crippen molar-refractivity contribution in [2.24, 2.45) is 0 Å². The molecule has 2 aromatic rings. The summed E-state index contributed by atoms with van der Waals surface area (Å²) in [6, 6.07) is 8.77. The van der Waals surface area contributed by atoms with Crippen molar-refractivity contribution in [1.29, 1.82) is 0 Å². The summed E-state index contributed by atoms with van der Waals surface area (Å²) in [6.07, 6.45) is 3.66. The van der Waals surface area contributed by atoms with Crippen molar-refractivity contribution in [3.05, 3.63) is 36.7 Å². The third kappa shape index (κ3) is 5.85. The Kier molecular flexibility index (Phi) is 8.65. The number of aromatic amines is 1. The highest BCUT2D eigenvalue weighted by Gasteiger charge is 2.11. The highest BCUT2D eigenvalue weighted by molar-refractivity contribution is 5.60. The van der Waals surface area contributed by atoms with Crippen LogP contribution in [0.5, 0.6) is 0 Å². The van der Waals surface area contributed by atoms with E-state index in [0.29, 0.717) is 0 Å². The van der Waals surface area contributed by atoms with Gasteiger partial charge in [-0.05, 0) is 50.4 Å². The minimum atomic E-state index is 0.925. The minimum Gasteiger partial charge on any atom is -0.369 e. The van der Waals surface area contributed by atoms with E-state index >= 15 is 0 Å². The molecule has 1 aromatic heterocycles. The lowest BCUT2D eigenvalue weighted by molar-refractivity contribution is 0.294. The van der Waals surface area contributed by atoms with Crippen molar-refractivity contribution >= 4 is 5.69 Å². The van der Waals surface area contributed by atoms with Crippen molar-refractivity contribution in [1.82, 2.24) is 19.8 Å². The predicted octanol–water partition coefficient (Wildman–Crippen LogP) is 3.57. The molecule has 0 amide bonds. The molecule has 1 N–H and O–H groups in total. The summed E-state index contributed by atoms with van der Waals surface area (Å²) in [5.41, 5.74) is 2.42. The molecule has 0 atom stereocenters. The first-order valence-corrected chi connectivity index (χ1v) is 10.0. The van der Waals surface area contributed by atoms with E-state index in [1.807, 2.05) is 6.20 Å². The number of rotatable bonds is 12. The Bertz CT molecular complexity index is 569. The van der Waals surface area contributed by atoms with Crippen LogP contribution in [-0.2, 0) is 0 Å². The van der Waals surface area contributed by atoms with E-state index in [1.165, 1.54) is 5.69 Å². The number of aromatic nitrogens is 2. The number of anilines is 1. The van der Waals surface area contributed by atoms with Gasteiger partial charge in [-0.3, -0.25) is 0 Å². The van der Waals surface area contributed by atoms with Gasteiger partial charge in [0.2, 0.25) is 0 Å². The topological polar surface area (TPSA) is 38.4 Å². The molecule has 144 valence electrons. The number of likely N-dealkylation sites (N-methyl/N-ethyl adjacent to an activating group) is 2. The monoisotopic (exact) mass is 357 g/mol. The van der Waals surface area contributed by atoms with Crippen LogP contribution in [0.3, 0.4) is 0 Å². The number of imidazole rings is 1. The second-order valence-electron chi connectivity index (χ2n) is 6.53. The van der Waals surface area contributed by atoms with Gasteiger partial charge in [-0.15, -0.1) is 0 Å². The molecule has 0 saturated heterocycles. The maximum atomic E-state index is 4.34. The lowest BCUT2D eigenvalue weighted by Gasteiger charge is -2.30. The lowest BCUT2D eigenvalue weighted by Crippen LogP contribution is -2.39. The summed E-state index contributed by atoms with van der Waals surface area (Å²) in [4.78, 5) is 15.0. The highest BCUT2D eigenvalue weighted by atomic mass is 15.2. The first kappa shape index (κ1) is 20.5. The second-order valence-corrected chi connectivity index (χ2v) is 6.53. The normalized spacial score (nSPS) is 11.5.